The molecule has 3 nitrogen and oxygen atoms in total. The molecule has 0 radical (unpaired) electrons. The van der Waals surface area contributed by atoms with Crippen molar-refractivity contribution in [3.63, 3.8) is 0 Å². The third kappa shape index (κ3) is 3.06. The molecule has 1 saturated heterocycles. The minimum atomic E-state index is -0.147. The van der Waals surface area contributed by atoms with E-state index in [1.807, 2.05) is 27.7 Å². The molecule has 0 aromatic rings. The number of hydrogen-bond acceptors (Lipinski definition) is 2. The van der Waals surface area contributed by atoms with Gasteiger partial charge in [0, 0.05) is 18.9 Å². The van der Waals surface area contributed by atoms with Gasteiger partial charge in [-0.1, -0.05) is 27.7 Å². The van der Waals surface area contributed by atoms with Gasteiger partial charge in [-0.05, 0) is 18.8 Å². The van der Waals surface area contributed by atoms with Crippen LogP contribution in [0.5, 0.6) is 0 Å². The summed E-state index contributed by atoms with van der Waals surface area (Å²) in [6, 6.07) is -0.147. The van der Waals surface area contributed by atoms with Crippen molar-refractivity contribution < 1.29 is 9.59 Å². The van der Waals surface area contributed by atoms with E-state index in [-0.39, 0.29) is 23.7 Å². The van der Waals surface area contributed by atoms with Crippen LogP contribution >= 0.6 is 0 Å². The van der Waals surface area contributed by atoms with Gasteiger partial charge in [0.05, 0.1) is 6.04 Å². The summed E-state index contributed by atoms with van der Waals surface area (Å²) in [5.74, 6) is 0.751. The van der Waals surface area contributed by atoms with Crippen LogP contribution in [0.25, 0.3) is 0 Å². The highest BCUT2D eigenvalue weighted by atomic mass is 16.2. The van der Waals surface area contributed by atoms with Crippen LogP contribution < -0.4 is 0 Å². The highest BCUT2D eigenvalue weighted by Gasteiger charge is 2.34. The van der Waals surface area contributed by atoms with Crippen molar-refractivity contribution in [1.29, 1.82) is 0 Å². The number of carbonyl (C=O) groups excluding carboxylic acids is 2. The second-order valence-electron chi connectivity index (χ2n) is 5.40. The van der Waals surface area contributed by atoms with E-state index in [0.717, 1.165) is 19.4 Å². The summed E-state index contributed by atoms with van der Waals surface area (Å²) in [6.45, 7) is 8.65. The Labute approximate surface area is 98.2 Å². The Morgan fingerprint density at radius 3 is 2.38 bits per heavy atom. The van der Waals surface area contributed by atoms with Gasteiger partial charge in [-0.25, -0.2) is 0 Å². The number of rotatable bonds is 4. The first-order valence-electron chi connectivity index (χ1n) is 6.26. The van der Waals surface area contributed by atoms with Crippen molar-refractivity contribution in [1.82, 2.24) is 4.90 Å². The minimum absolute atomic E-state index is 0.0254. The Balaban J connectivity index is 2.65. The number of amides is 1. The molecule has 1 aliphatic rings. The zero-order valence-electron chi connectivity index (χ0n) is 10.8. The lowest BCUT2D eigenvalue weighted by Gasteiger charge is -2.25. The van der Waals surface area contributed by atoms with Crippen LogP contribution in [-0.2, 0) is 9.59 Å². The van der Waals surface area contributed by atoms with Crippen LogP contribution in [0.4, 0.5) is 0 Å². The molecule has 1 unspecified atom stereocenters. The summed E-state index contributed by atoms with van der Waals surface area (Å²) >= 11 is 0. The smallest absolute Gasteiger partial charge is 0.223 e. The van der Waals surface area contributed by atoms with E-state index >= 15 is 0 Å². The first kappa shape index (κ1) is 13.2. The van der Waals surface area contributed by atoms with Gasteiger partial charge in [-0.2, -0.15) is 0 Å². The predicted molar refractivity (Wildman–Crippen MR) is 64.0 cm³/mol. The molecule has 1 rings (SSSR count). The maximum atomic E-state index is 12.0. The van der Waals surface area contributed by atoms with E-state index in [2.05, 4.69) is 0 Å². The van der Waals surface area contributed by atoms with Crippen LogP contribution in [-0.4, -0.2) is 29.2 Å². The molecule has 0 spiro atoms. The van der Waals surface area contributed by atoms with Crippen molar-refractivity contribution in [2.24, 2.45) is 11.8 Å². The fourth-order valence-electron chi connectivity index (χ4n) is 2.21. The lowest BCUT2D eigenvalue weighted by Crippen LogP contribution is -2.42. The zero-order valence-corrected chi connectivity index (χ0v) is 10.8. The standard InChI is InChI=1S/C13H23NO2/c1-9(2)8-12(15)14-7-5-6-11(14)13(16)10(3)4/h9-11H,5-8H2,1-4H3. The van der Waals surface area contributed by atoms with Crippen molar-refractivity contribution in [2.45, 2.75) is 53.0 Å². The second-order valence-corrected chi connectivity index (χ2v) is 5.40. The molecule has 1 fully saturated rings. The molecular weight excluding hydrogens is 202 g/mol. The fraction of sp³-hybridized carbons (Fsp3) is 0.846. The molecule has 3 heteroatoms. The molecule has 0 aliphatic carbocycles. The van der Waals surface area contributed by atoms with Gasteiger partial charge >= 0.3 is 0 Å². The molecule has 1 aliphatic heterocycles. The van der Waals surface area contributed by atoms with Crippen LogP contribution in [0.15, 0.2) is 0 Å². The topological polar surface area (TPSA) is 37.4 Å². The quantitative estimate of drug-likeness (QED) is 0.736. The van der Waals surface area contributed by atoms with Gasteiger partial charge in [-0.3, -0.25) is 9.59 Å². The molecule has 1 atom stereocenters. The molecular formula is C13H23NO2. The Morgan fingerprint density at radius 1 is 1.25 bits per heavy atom. The summed E-state index contributed by atoms with van der Waals surface area (Å²) in [7, 11) is 0. The number of hydrogen-bond donors (Lipinski definition) is 0. The van der Waals surface area contributed by atoms with Crippen molar-refractivity contribution in [3.8, 4) is 0 Å². The number of Topliss-reactive ketones (excluding diaryl/α,β-unsaturated/α-hetero) is 1. The predicted octanol–water partition coefficient (Wildman–Crippen LogP) is 2.25. The van der Waals surface area contributed by atoms with E-state index in [4.69, 9.17) is 0 Å². The van der Waals surface area contributed by atoms with Crippen molar-refractivity contribution >= 4 is 11.7 Å². The maximum Gasteiger partial charge on any atom is 0.223 e. The normalized spacial score (nSPS) is 20.9. The van der Waals surface area contributed by atoms with E-state index < -0.39 is 0 Å². The van der Waals surface area contributed by atoms with E-state index in [1.165, 1.54) is 0 Å². The number of ketones is 1. The third-order valence-electron chi connectivity index (χ3n) is 3.05. The summed E-state index contributed by atoms with van der Waals surface area (Å²) in [5, 5.41) is 0. The van der Waals surface area contributed by atoms with Crippen molar-refractivity contribution in [2.75, 3.05) is 6.54 Å². The van der Waals surface area contributed by atoms with Gasteiger partial charge in [0.15, 0.2) is 5.78 Å². The molecule has 0 saturated carbocycles. The third-order valence-corrected chi connectivity index (χ3v) is 3.05. The van der Waals surface area contributed by atoms with Crippen LogP contribution in [0, 0.1) is 11.8 Å². The molecule has 0 aromatic heterocycles. The fourth-order valence-corrected chi connectivity index (χ4v) is 2.21. The SMILES string of the molecule is CC(C)CC(=O)N1CCCC1C(=O)C(C)C. The second kappa shape index (κ2) is 5.46. The van der Waals surface area contributed by atoms with E-state index in [0.29, 0.717) is 12.3 Å². The average molecular weight is 225 g/mol. The highest BCUT2D eigenvalue weighted by Crippen LogP contribution is 2.22. The maximum absolute atomic E-state index is 12.0. The number of nitrogens with zero attached hydrogens (tertiary/aromatic N) is 1. The summed E-state index contributed by atoms with van der Waals surface area (Å²) < 4.78 is 0. The molecule has 0 bridgehead atoms. The average Bonchev–Trinajstić information content (AvgIpc) is 2.63. The minimum Gasteiger partial charge on any atom is -0.333 e. The van der Waals surface area contributed by atoms with Gasteiger partial charge in [0.25, 0.3) is 0 Å². The molecule has 92 valence electrons. The molecule has 0 N–H and O–H groups in total. The lowest BCUT2D eigenvalue weighted by atomic mass is 9.99. The van der Waals surface area contributed by atoms with Crippen LogP contribution in [0.3, 0.4) is 0 Å². The highest BCUT2D eigenvalue weighted by molar-refractivity contribution is 5.90. The van der Waals surface area contributed by atoms with Gasteiger partial charge in [0.2, 0.25) is 5.91 Å². The van der Waals surface area contributed by atoms with Gasteiger partial charge in [0.1, 0.15) is 0 Å². The van der Waals surface area contributed by atoms with Gasteiger partial charge < -0.3 is 4.90 Å². The summed E-state index contributed by atoms with van der Waals surface area (Å²) in [4.78, 5) is 25.7. The Morgan fingerprint density at radius 2 is 1.88 bits per heavy atom. The van der Waals surface area contributed by atoms with Gasteiger partial charge in [-0.15, -0.1) is 0 Å². The number of carbonyl (C=O) groups is 2. The van der Waals surface area contributed by atoms with E-state index in [9.17, 15) is 9.59 Å². The number of likely N-dealkylation sites (tertiary alicyclic amines) is 1. The molecule has 0 aromatic carbocycles. The van der Waals surface area contributed by atoms with Crippen LogP contribution in [0.1, 0.15) is 47.0 Å². The zero-order chi connectivity index (χ0) is 12.3. The van der Waals surface area contributed by atoms with E-state index in [1.54, 1.807) is 4.90 Å². The van der Waals surface area contributed by atoms with Crippen molar-refractivity contribution in [3.05, 3.63) is 0 Å². The Kier molecular flexibility index (Phi) is 4.51. The molecule has 16 heavy (non-hydrogen) atoms. The molecule has 1 amide bonds. The summed E-state index contributed by atoms with van der Waals surface area (Å²) in [5.41, 5.74) is 0. The summed E-state index contributed by atoms with van der Waals surface area (Å²) in [6.07, 6.45) is 2.37. The largest absolute Gasteiger partial charge is 0.333 e. The Hall–Kier alpha value is -0.860. The lowest BCUT2D eigenvalue weighted by molar-refractivity contribution is -0.139. The first-order valence-corrected chi connectivity index (χ1v) is 6.26. The van der Waals surface area contributed by atoms with Crippen LogP contribution in [0.2, 0.25) is 0 Å². The Bertz CT molecular complexity index is 271. The monoisotopic (exact) mass is 225 g/mol. The first-order chi connectivity index (χ1) is 7.43. The molecule has 1 heterocycles.